The molecular formula is C15H16N2OS. The number of nitrogens with zero attached hydrogens (tertiary/aromatic N) is 1. The molecule has 0 fully saturated rings. The summed E-state index contributed by atoms with van der Waals surface area (Å²) in [6.07, 6.45) is 1.73. The Hall–Kier alpha value is -1.81. The number of anilines is 1. The number of carbonyl (C=O) groups is 1. The molecule has 0 aliphatic rings. The molecule has 2 aromatic rings. The number of rotatable bonds is 4. The Kier molecular flexibility index (Phi) is 4.58. The van der Waals surface area contributed by atoms with Crippen LogP contribution >= 0.6 is 11.8 Å². The van der Waals surface area contributed by atoms with Gasteiger partial charge in [-0.15, -0.1) is 0 Å². The molecule has 1 N–H and O–H groups in total. The highest BCUT2D eigenvalue weighted by atomic mass is 32.2. The number of nitrogens with one attached hydrogen (secondary N) is 1. The fraction of sp³-hybridized carbons (Fsp3) is 0.200. The van der Waals surface area contributed by atoms with Gasteiger partial charge in [-0.1, -0.05) is 35.5 Å². The van der Waals surface area contributed by atoms with Crippen LogP contribution in [0.3, 0.4) is 0 Å². The van der Waals surface area contributed by atoms with Crippen LogP contribution in [0.15, 0.2) is 53.7 Å². The van der Waals surface area contributed by atoms with Gasteiger partial charge in [0.15, 0.2) is 0 Å². The average Bonchev–Trinajstić information content (AvgIpc) is 2.42. The summed E-state index contributed by atoms with van der Waals surface area (Å²) < 4.78 is 0. The first-order chi connectivity index (χ1) is 9.15. The summed E-state index contributed by atoms with van der Waals surface area (Å²) in [5.74, 6) is -0.0143. The van der Waals surface area contributed by atoms with Gasteiger partial charge in [0, 0.05) is 11.9 Å². The van der Waals surface area contributed by atoms with E-state index in [1.807, 2.05) is 56.3 Å². The van der Waals surface area contributed by atoms with Crippen LogP contribution in [0, 0.1) is 6.92 Å². The summed E-state index contributed by atoms with van der Waals surface area (Å²) in [5, 5.41) is 3.57. The maximum atomic E-state index is 12.0. The van der Waals surface area contributed by atoms with Crippen LogP contribution in [0.1, 0.15) is 12.5 Å². The monoisotopic (exact) mass is 272 g/mol. The van der Waals surface area contributed by atoms with Gasteiger partial charge in [0.05, 0.1) is 10.3 Å². The quantitative estimate of drug-likeness (QED) is 0.866. The molecule has 1 aromatic carbocycles. The Bertz CT molecular complexity index is 540. The van der Waals surface area contributed by atoms with E-state index < -0.39 is 0 Å². The van der Waals surface area contributed by atoms with E-state index >= 15 is 0 Å². The van der Waals surface area contributed by atoms with Crippen molar-refractivity contribution in [3.8, 4) is 0 Å². The fourth-order valence-corrected chi connectivity index (χ4v) is 2.34. The zero-order valence-corrected chi connectivity index (χ0v) is 11.8. The maximum Gasteiger partial charge on any atom is 0.237 e. The van der Waals surface area contributed by atoms with Crippen LogP contribution in [-0.4, -0.2) is 16.1 Å². The van der Waals surface area contributed by atoms with Crippen molar-refractivity contribution in [1.82, 2.24) is 4.98 Å². The Morgan fingerprint density at radius 2 is 1.95 bits per heavy atom. The number of aromatic nitrogens is 1. The molecule has 0 unspecified atom stereocenters. The second kappa shape index (κ2) is 6.38. The van der Waals surface area contributed by atoms with Crippen LogP contribution in [0.5, 0.6) is 0 Å². The van der Waals surface area contributed by atoms with Crippen molar-refractivity contribution >= 4 is 23.4 Å². The molecule has 1 heterocycles. The molecule has 3 nitrogen and oxygen atoms in total. The normalized spacial score (nSPS) is 11.9. The third-order valence-corrected chi connectivity index (χ3v) is 3.67. The molecule has 0 radical (unpaired) electrons. The van der Waals surface area contributed by atoms with E-state index in [-0.39, 0.29) is 11.2 Å². The van der Waals surface area contributed by atoms with Gasteiger partial charge in [-0.3, -0.25) is 4.79 Å². The predicted molar refractivity (Wildman–Crippen MR) is 79.4 cm³/mol. The Morgan fingerprint density at radius 1 is 1.21 bits per heavy atom. The van der Waals surface area contributed by atoms with E-state index in [0.717, 1.165) is 10.7 Å². The Morgan fingerprint density at radius 3 is 2.58 bits per heavy atom. The molecule has 0 bridgehead atoms. The molecule has 0 saturated carbocycles. The lowest BCUT2D eigenvalue weighted by Crippen LogP contribution is -2.22. The van der Waals surface area contributed by atoms with E-state index in [0.29, 0.717) is 0 Å². The van der Waals surface area contributed by atoms with Gasteiger partial charge in [-0.2, -0.15) is 0 Å². The minimum Gasteiger partial charge on any atom is -0.325 e. The predicted octanol–water partition coefficient (Wildman–Crippen LogP) is 3.51. The van der Waals surface area contributed by atoms with Crippen molar-refractivity contribution in [3.05, 3.63) is 54.2 Å². The second-order valence-corrected chi connectivity index (χ2v) is 5.64. The lowest BCUT2D eigenvalue weighted by Gasteiger charge is -2.11. The van der Waals surface area contributed by atoms with Crippen molar-refractivity contribution < 1.29 is 4.79 Å². The van der Waals surface area contributed by atoms with Gasteiger partial charge >= 0.3 is 0 Å². The first-order valence-electron chi connectivity index (χ1n) is 6.10. The molecule has 1 aromatic heterocycles. The summed E-state index contributed by atoms with van der Waals surface area (Å²) in [6, 6.07) is 13.5. The average molecular weight is 272 g/mol. The van der Waals surface area contributed by atoms with Gasteiger partial charge in [0.1, 0.15) is 0 Å². The number of hydrogen-bond donors (Lipinski definition) is 1. The molecule has 0 saturated heterocycles. The van der Waals surface area contributed by atoms with Crippen LogP contribution < -0.4 is 5.32 Å². The number of amides is 1. The van der Waals surface area contributed by atoms with Crippen molar-refractivity contribution in [2.45, 2.75) is 24.1 Å². The maximum absolute atomic E-state index is 12.0. The van der Waals surface area contributed by atoms with Crippen LogP contribution in [0.2, 0.25) is 0 Å². The lowest BCUT2D eigenvalue weighted by atomic mass is 10.2. The largest absolute Gasteiger partial charge is 0.325 e. The van der Waals surface area contributed by atoms with E-state index in [4.69, 9.17) is 0 Å². The summed E-state index contributed by atoms with van der Waals surface area (Å²) in [4.78, 5) is 16.2. The molecule has 0 aliphatic heterocycles. The number of benzene rings is 1. The highest BCUT2D eigenvalue weighted by Crippen LogP contribution is 2.21. The first-order valence-corrected chi connectivity index (χ1v) is 6.98. The number of carbonyl (C=O) groups excluding carboxylic acids is 1. The van der Waals surface area contributed by atoms with Crippen molar-refractivity contribution in [2.24, 2.45) is 0 Å². The van der Waals surface area contributed by atoms with Gasteiger partial charge in [-0.05, 0) is 38.1 Å². The number of pyridine rings is 1. The fourth-order valence-electron chi connectivity index (χ4n) is 1.53. The van der Waals surface area contributed by atoms with Crippen LogP contribution in [0.25, 0.3) is 0 Å². The minimum absolute atomic E-state index is 0.0143. The lowest BCUT2D eigenvalue weighted by molar-refractivity contribution is -0.115. The Balaban J connectivity index is 1.94. The number of thioether (sulfide) groups is 1. The van der Waals surface area contributed by atoms with Crippen molar-refractivity contribution in [2.75, 3.05) is 5.32 Å². The molecule has 1 atom stereocenters. The Labute approximate surface area is 117 Å². The van der Waals surface area contributed by atoms with Gasteiger partial charge in [-0.25, -0.2) is 4.98 Å². The van der Waals surface area contributed by atoms with Crippen molar-refractivity contribution in [3.63, 3.8) is 0 Å². The molecule has 98 valence electrons. The molecular weight excluding hydrogens is 256 g/mol. The van der Waals surface area contributed by atoms with E-state index in [2.05, 4.69) is 10.3 Å². The second-order valence-electron chi connectivity index (χ2n) is 4.28. The third-order valence-electron chi connectivity index (χ3n) is 2.62. The standard InChI is InChI=1S/C15H16N2OS/c1-11-6-8-13(9-7-11)17-15(18)12(2)19-14-5-3-4-10-16-14/h3-10,12H,1-2H3,(H,17,18)/t12-/m1/s1. The first kappa shape index (κ1) is 13.6. The SMILES string of the molecule is Cc1ccc(NC(=O)[C@@H](C)Sc2ccccn2)cc1. The summed E-state index contributed by atoms with van der Waals surface area (Å²) in [5.41, 5.74) is 2.00. The highest BCUT2D eigenvalue weighted by molar-refractivity contribution is 8.00. The summed E-state index contributed by atoms with van der Waals surface area (Å²) >= 11 is 1.45. The zero-order chi connectivity index (χ0) is 13.7. The van der Waals surface area contributed by atoms with Crippen molar-refractivity contribution in [1.29, 1.82) is 0 Å². The number of aryl methyl sites for hydroxylation is 1. The van der Waals surface area contributed by atoms with Crippen LogP contribution in [0.4, 0.5) is 5.69 Å². The van der Waals surface area contributed by atoms with Crippen LogP contribution in [-0.2, 0) is 4.79 Å². The van der Waals surface area contributed by atoms with Gasteiger partial charge < -0.3 is 5.32 Å². The van der Waals surface area contributed by atoms with Gasteiger partial charge in [0.25, 0.3) is 0 Å². The van der Waals surface area contributed by atoms with E-state index in [9.17, 15) is 4.79 Å². The molecule has 0 aliphatic carbocycles. The van der Waals surface area contributed by atoms with E-state index in [1.54, 1.807) is 6.20 Å². The minimum atomic E-state index is -0.184. The third kappa shape index (κ3) is 4.10. The number of hydrogen-bond acceptors (Lipinski definition) is 3. The molecule has 4 heteroatoms. The molecule has 0 spiro atoms. The molecule has 19 heavy (non-hydrogen) atoms. The summed E-state index contributed by atoms with van der Waals surface area (Å²) in [6.45, 7) is 3.90. The van der Waals surface area contributed by atoms with Gasteiger partial charge in [0.2, 0.25) is 5.91 Å². The van der Waals surface area contributed by atoms with E-state index in [1.165, 1.54) is 17.3 Å². The zero-order valence-electron chi connectivity index (χ0n) is 11.0. The highest BCUT2D eigenvalue weighted by Gasteiger charge is 2.14. The topological polar surface area (TPSA) is 42.0 Å². The molecule has 2 rings (SSSR count). The summed E-state index contributed by atoms with van der Waals surface area (Å²) in [7, 11) is 0. The molecule has 1 amide bonds. The smallest absolute Gasteiger partial charge is 0.237 e.